The fourth-order valence-electron chi connectivity index (χ4n) is 4.63. The van der Waals surface area contributed by atoms with Crippen LogP contribution in [0.5, 0.6) is 5.75 Å². The molecule has 0 spiro atoms. The molecule has 4 rings (SSSR count). The Balaban J connectivity index is 1.53. The molecular weight excluding hydrogens is 426 g/mol. The number of carbonyl (C=O) groups excluding carboxylic acids is 2. The zero-order chi connectivity index (χ0) is 24.6. The molecule has 2 aliphatic rings. The first kappa shape index (κ1) is 23.8. The Hall–Kier alpha value is -3.38. The quantitative estimate of drug-likeness (QED) is 0.680. The van der Waals surface area contributed by atoms with E-state index >= 15 is 0 Å². The van der Waals surface area contributed by atoms with Gasteiger partial charge in [0.15, 0.2) is 0 Å². The summed E-state index contributed by atoms with van der Waals surface area (Å²) in [6.07, 6.45) is 0.763. The Labute approximate surface area is 201 Å². The van der Waals surface area contributed by atoms with E-state index < -0.39 is 0 Å². The van der Waals surface area contributed by atoms with Gasteiger partial charge in [-0.2, -0.15) is 0 Å². The predicted octanol–water partition coefficient (Wildman–Crippen LogP) is 4.22. The Morgan fingerprint density at radius 3 is 2.26 bits per heavy atom. The number of allylic oxidation sites excluding steroid dienone is 2. The molecule has 1 N–H and O–H groups in total. The maximum atomic E-state index is 13.4. The van der Waals surface area contributed by atoms with E-state index in [1.807, 2.05) is 36.9 Å². The first-order chi connectivity index (χ1) is 16.2. The molecule has 34 heavy (non-hydrogen) atoms. The Morgan fingerprint density at radius 2 is 1.59 bits per heavy atom. The van der Waals surface area contributed by atoms with E-state index in [0.29, 0.717) is 18.7 Å². The molecule has 0 aromatic heterocycles. The number of likely N-dealkylation sites (N-methyl/N-ethyl adjacent to an activating group) is 1. The zero-order valence-electron chi connectivity index (χ0n) is 20.4. The number of piperazine rings is 1. The van der Waals surface area contributed by atoms with Gasteiger partial charge in [-0.15, -0.1) is 0 Å². The molecule has 6 nitrogen and oxygen atoms in total. The largest absolute Gasteiger partial charge is 0.507 e. The van der Waals surface area contributed by atoms with Crippen molar-refractivity contribution >= 4 is 17.4 Å². The van der Waals surface area contributed by atoms with Crippen LogP contribution in [0.1, 0.15) is 56.3 Å². The minimum Gasteiger partial charge on any atom is -0.507 e. The molecule has 2 aliphatic heterocycles. The first-order valence-corrected chi connectivity index (χ1v) is 11.8. The molecule has 1 saturated heterocycles. The minimum absolute atomic E-state index is 0.0381. The van der Waals surface area contributed by atoms with Crippen LogP contribution < -0.4 is 0 Å². The fourth-order valence-corrected chi connectivity index (χ4v) is 4.63. The number of carbonyl (C=O) groups is 2. The normalized spacial score (nSPS) is 15.9. The van der Waals surface area contributed by atoms with Gasteiger partial charge in [0.05, 0.1) is 5.56 Å². The van der Waals surface area contributed by atoms with Crippen molar-refractivity contribution in [2.45, 2.75) is 33.4 Å². The summed E-state index contributed by atoms with van der Waals surface area (Å²) < 4.78 is 0. The number of hydrogen-bond acceptors (Lipinski definition) is 4. The molecule has 0 unspecified atom stereocenters. The zero-order valence-corrected chi connectivity index (χ0v) is 20.4. The maximum Gasteiger partial charge on any atom is 0.258 e. The number of benzene rings is 2. The van der Waals surface area contributed by atoms with Crippen LogP contribution in [-0.2, 0) is 13.1 Å². The number of aryl methyl sites for hydroxylation is 1. The lowest BCUT2D eigenvalue weighted by atomic mass is 9.93. The summed E-state index contributed by atoms with van der Waals surface area (Å²) >= 11 is 0. The molecule has 178 valence electrons. The molecule has 0 bridgehead atoms. The van der Waals surface area contributed by atoms with Crippen LogP contribution in [-0.4, -0.2) is 64.8 Å². The number of phenols is 1. The summed E-state index contributed by atoms with van der Waals surface area (Å²) in [6.45, 7) is 16.2. The predicted molar refractivity (Wildman–Crippen MR) is 135 cm³/mol. The minimum atomic E-state index is -0.239. The van der Waals surface area contributed by atoms with E-state index in [1.165, 1.54) is 0 Å². The van der Waals surface area contributed by atoms with Gasteiger partial charge in [0, 0.05) is 44.8 Å². The van der Waals surface area contributed by atoms with Crippen LogP contribution in [0.3, 0.4) is 0 Å². The molecule has 1 fully saturated rings. The van der Waals surface area contributed by atoms with Crippen LogP contribution in [0.15, 0.2) is 49.1 Å². The first-order valence-electron chi connectivity index (χ1n) is 11.8. The van der Waals surface area contributed by atoms with Crippen molar-refractivity contribution in [2.24, 2.45) is 0 Å². The molecule has 2 aromatic rings. The number of rotatable bonds is 5. The lowest BCUT2D eigenvalue weighted by molar-refractivity contribution is 0.0663. The molecular formula is C28H33N3O3. The second-order valence-corrected chi connectivity index (χ2v) is 9.36. The van der Waals surface area contributed by atoms with Crippen LogP contribution >= 0.6 is 0 Å². The SMILES string of the molecule is C=C(CC)C(=C)c1cc(C(=O)N2Cc3ccc(C(=O)N4CCN(C)CC4)cc3C2)c(O)cc1C. The van der Waals surface area contributed by atoms with Crippen molar-refractivity contribution in [3.05, 3.63) is 82.4 Å². The van der Waals surface area contributed by atoms with Crippen LogP contribution in [0.4, 0.5) is 0 Å². The second-order valence-electron chi connectivity index (χ2n) is 9.36. The third-order valence-corrected chi connectivity index (χ3v) is 7.01. The van der Waals surface area contributed by atoms with Crippen molar-refractivity contribution in [1.29, 1.82) is 0 Å². The van der Waals surface area contributed by atoms with Gasteiger partial charge in [0.2, 0.25) is 0 Å². The van der Waals surface area contributed by atoms with Gasteiger partial charge < -0.3 is 19.8 Å². The third kappa shape index (κ3) is 4.50. The standard InChI is InChI=1S/C28H33N3O3/c1-6-18(2)20(4)24-15-25(26(32)13-19(24)3)28(34)31-16-22-8-7-21(14-23(22)17-31)27(33)30-11-9-29(5)10-12-30/h7-8,13-15,32H,2,4,6,9-12,16-17H2,1,3,5H3. The molecule has 0 radical (unpaired) electrons. The lowest BCUT2D eigenvalue weighted by Crippen LogP contribution is -2.47. The van der Waals surface area contributed by atoms with Gasteiger partial charge in [-0.3, -0.25) is 9.59 Å². The van der Waals surface area contributed by atoms with E-state index in [2.05, 4.69) is 25.1 Å². The lowest BCUT2D eigenvalue weighted by Gasteiger charge is -2.32. The van der Waals surface area contributed by atoms with Gasteiger partial charge in [0.25, 0.3) is 11.8 Å². The van der Waals surface area contributed by atoms with E-state index in [0.717, 1.165) is 66.0 Å². The van der Waals surface area contributed by atoms with Gasteiger partial charge in [-0.1, -0.05) is 26.1 Å². The van der Waals surface area contributed by atoms with Gasteiger partial charge in [0.1, 0.15) is 5.75 Å². The third-order valence-electron chi connectivity index (χ3n) is 7.01. The highest BCUT2D eigenvalue weighted by Gasteiger charge is 2.28. The highest BCUT2D eigenvalue weighted by molar-refractivity contribution is 5.99. The van der Waals surface area contributed by atoms with Crippen LogP contribution in [0.2, 0.25) is 0 Å². The summed E-state index contributed by atoms with van der Waals surface area (Å²) in [5.41, 5.74) is 6.28. The van der Waals surface area contributed by atoms with Gasteiger partial charge >= 0.3 is 0 Å². The number of phenolic OH excluding ortho intramolecular Hbond substituents is 1. The number of aromatic hydroxyl groups is 1. The summed E-state index contributed by atoms with van der Waals surface area (Å²) in [4.78, 5) is 32.2. The van der Waals surface area contributed by atoms with Crippen molar-refractivity contribution < 1.29 is 14.7 Å². The topological polar surface area (TPSA) is 64.1 Å². The molecule has 2 amide bonds. The Bertz CT molecular complexity index is 1180. The molecule has 6 heteroatoms. The smallest absolute Gasteiger partial charge is 0.258 e. The highest BCUT2D eigenvalue weighted by atomic mass is 16.3. The Morgan fingerprint density at radius 1 is 0.912 bits per heavy atom. The number of fused-ring (bicyclic) bond motifs is 1. The van der Waals surface area contributed by atoms with Crippen molar-refractivity contribution in [3.8, 4) is 5.75 Å². The van der Waals surface area contributed by atoms with E-state index in [4.69, 9.17) is 0 Å². The summed E-state index contributed by atoms with van der Waals surface area (Å²) in [5.74, 6) is -0.240. The number of amides is 2. The number of nitrogens with zero attached hydrogens (tertiary/aromatic N) is 3. The summed E-state index contributed by atoms with van der Waals surface area (Å²) in [7, 11) is 2.06. The van der Waals surface area contributed by atoms with Crippen molar-refractivity contribution in [3.63, 3.8) is 0 Å². The molecule has 0 aliphatic carbocycles. The Kier molecular flexibility index (Phi) is 6.62. The summed E-state index contributed by atoms with van der Waals surface area (Å²) in [5, 5.41) is 10.6. The average Bonchev–Trinajstić information content (AvgIpc) is 3.26. The number of hydrogen-bond donors (Lipinski definition) is 1. The van der Waals surface area contributed by atoms with E-state index in [1.54, 1.807) is 17.0 Å². The maximum absolute atomic E-state index is 13.4. The van der Waals surface area contributed by atoms with Gasteiger partial charge in [-0.05, 0) is 78.1 Å². The van der Waals surface area contributed by atoms with Crippen molar-refractivity contribution in [2.75, 3.05) is 33.2 Å². The molecule has 2 aromatic carbocycles. The monoisotopic (exact) mass is 459 g/mol. The molecule has 0 atom stereocenters. The fraction of sp³-hybridized carbons (Fsp3) is 0.357. The molecule has 0 saturated carbocycles. The molecule has 2 heterocycles. The van der Waals surface area contributed by atoms with Gasteiger partial charge in [-0.25, -0.2) is 0 Å². The van der Waals surface area contributed by atoms with Crippen LogP contribution in [0, 0.1) is 6.92 Å². The van der Waals surface area contributed by atoms with Crippen LogP contribution in [0.25, 0.3) is 5.57 Å². The van der Waals surface area contributed by atoms with E-state index in [-0.39, 0.29) is 23.1 Å². The van der Waals surface area contributed by atoms with E-state index in [9.17, 15) is 14.7 Å². The summed E-state index contributed by atoms with van der Waals surface area (Å²) in [6, 6.07) is 9.06. The average molecular weight is 460 g/mol. The van der Waals surface area contributed by atoms with Crippen molar-refractivity contribution in [1.82, 2.24) is 14.7 Å². The highest BCUT2D eigenvalue weighted by Crippen LogP contribution is 2.33. The second kappa shape index (κ2) is 9.47.